The van der Waals surface area contributed by atoms with E-state index in [0.29, 0.717) is 12.2 Å². The minimum atomic E-state index is -1.33. The van der Waals surface area contributed by atoms with Crippen LogP contribution in [-0.4, -0.2) is 41.7 Å². The molecule has 1 aromatic rings. The van der Waals surface area contributed by atoms with Gasteiger partial charge in [0.05, 0.1) is 0 Å². The molecule has 0 radical (unpaired) electrons. The Hall–Kier alpha value is -1.34. The van der Waals surface area contributed by atoms with Gasteiger partial charge in [-0.05, 0) is 43.2 Å². The van der Waals surface area contributed by atoms with Crippen LogP contribution in [0.5, 0.6) is 0 Å². The molecule has 1 rings (SSSR count). The number of thioether (sulfide) groups is 1. The Morgan fingerprint density at radius 2 is 1.84 bits per heavy atom. The van der Waals surface area contributed by atoms with Crippen molar-refractivity contribution in [3.63, 3.8) is 0 Å². The summed E-state index contributed by atoms with van der Waals surface area (Å²) in [5.41, 5.74) is 2.11. The van der Waals surface area contributed by atoms with Gasteiger partial charge in [-0.3, -0.25) is 4.79 Å². The fourth-order valence-electron chi connectivity index (χ4n) is 2.17. The van der Waals surface area contributed by atoms with E-state index in [1.54, 1.807) is 6.92 Å². The van der Waals surface area contributed by atoms with Gasteiger partial charge in [0.15, 0.2) is 4.87 Å². The number of carboxylic acid groups (broad SMARTS) is 1. The summed E-state index contributed by atoms with van der Waals surface area (Å²) in [5, 5.41) is 12.2. The van der Waals surface area contributed by atoms with Gasteiger partial charge in [0.2, 0.25) is 5.91 Å². The molecule has 0 spiro atoms. The number of carbonyl (C=O) groups is 2. The lowest BCUT2D eigenvalue weighted by Crippen LogP contribution is -2.49. The van der Waals surface area contributed by atoms with E-state index >= 15 is 0 Å². The molecule has 1 aromatic carbocycles. The van der Waals surface area contributed by atoms with E-state index in [2.05, 4.69) is 17.9 Å². The molecular formula is C18H28N2O3S2. The Labute approximate surface area is 160 Å². The van der Waals surface area contributed by atoms with Gasteiger partial charge >= 0.3 is 5.97 Å². The molecule has 0 fully saturated rings. The number of hydrogen-bond donors (Lipinski definition) is 3. The molecule has 25 heavy (non-hydrogen) atoms. The van der Waals surface area contributed by atoms with Crippen molar-refractivity contribution in [1.29, 1.82) is 0 Å². The molecule has 140 valence electrons. The van der Waals surface area contributed by atoms with E-state index < -0.39 is 10.8 Å². The van der Waals surface area contributed by atoms with Crippen LogP contribution in [0.1, 0.15) is 38.2 Å². The van der Waals surface area contributed by atoms with Crippen LogP contribution in [0.4, 0.5) is 5.69 Å². The van der Waals surface area contributed by atoms with Crippen LogP contribution < -0.4 is 10.2 Å². The Morgan fingerprint density at radius 1 is 1.20 bits per heavy atom. The summed E-state index contributed by atoms with van der Waals surface area (Å²) < 4.78 is 0. The minimum Gasteiger partial charge on any atom is -0.479 e. The number of thiol groups is 1. The third-order valence-corrected chi connectivity index (χ3v) is 5.48. The van der Waals surface area contributed by atoms with Gasteiger partial charge in [-0.2, -0.15) is 12.6 Å². The van der Waals surface area contributed by atoms with Crippen LogP contribution >= 0.6 is 24.4 Å². The third-order valence-electron chi connectivity index (χ3n) is 3.83. The molecule has 7 heteroatoms. The van der Waals surface area contributed by atoms with E-state index in [0.717, 1.165) is 36.3 Å². The van der Waals surface area contributed by atoms with Gasteiger partial charge in [-0.1, -0.05) is 18.6 Å². The smallest absolute Gasteiger partial charge is 0.339 e. The molecule has 5 nitrogen and oxygen atoms in total. The van der Waals surface area contributed by atoms with Crippen LogP contribution in [0.2, 0.25) is 0 Å². The Morgan fingerprint density at radius 3 is 2.36 bits per heavy atom. The molecule has 2 N–H and O–H groups in total. The Bertz CT molecular complexity index is 564. The highest BCUT2D eigenvalue weighted by Crippen LogP contribution is 2.27. The van der Waals surface area contributed by atoms with Crippen LogP contribution in [0.25, 0.3) is 0 Å². The number of benzene rings is 1. The monoisotopic (exact) mass is 384 g/mol. The first-order valence-electron chi connectivity index (χ1n) is 8.34. The molecule has 1 unspecified atom stereocenters. The second-order valence-corrected chi connectivity index (χ2v) is 8.11. The number of hydrogen-bond acceptors (Lipinski definition) is 5. The van der Waals surface area contributed by atoms with Gasteiger partial charge in [-0.25, -0.2) is 4.79 Å². The molecule has 0 saturated heterocycles. The van der Waals surface area contributed by atoms with E-state index in [4.69, 9.17) is 0 Å². The molecule has 1 amide bonds. The quantitative estimate of drug-likeness (QED) is 0.310. The highest BCUT2D eigenvalue weighted by Gasteiger charge is 2.35. The molecule has 0 aliphatic carbocycles. The minimum absolute atomic E-state index is 0.223. The SMILES string of the molecule is CN(C)c1ccc(CSC(C)(NC(=O)CCCCCS)C(=O)O)cc1. The van der Waals surface area contributed by atoms with Crippen molar-refractivity contribution in [3.8, 4) is 0 Å². The van der Waals surface area contributed by atoms with Crippen molar-refractivity contribution >= 4 is 42.0 Å². The first-order valence-corrected chi connectivity index (χ1v) is 9.96. The first kappa shape index (κ1) is 21.7. The van der Waals surface area contributed by atoms with E-state index in [1.807, 2.05) is 43.3 Å². The predicted molar refractivity (Wildman–Crippen MR) is 109 cm³/mol. The summed E-state index contributed by atoms with van der Waals surface area (Å²) in [6.07, 6.45) is 2.98. The number of carboxylic acids is 1. The summed E-state index contributed by atoms with van der Waals surface area (Å²) in [4.78, 5) is 24.4. The van der Waals surface area contributed by atoms with Crippen molar-refractivity contribution in [3.05, 3.63) is 29.8 Å². The second kappa shape index (κ2) is 10.6. The number of rotatable bonds is 11. The standard InChI is InChI=1S/C18H28N2O3S2/c1-18(17(22)23,19-16(21)7-5-4-6-12-24)25-13-14-8-10-15(11-9-14)20(2)3/h8-11,24H,4-7,12-13H2,1-3H3,(H,19,21)(H,22,23). The molecule has 0 aliphatic heterocycles. The lowest BCUT2D eigenvalue weighted by Gasteiger charge is -2.26. The molecular weight excluding hydrogens is 356 g/mol. The van der Waals surface area contributed by atoms with Crippen LogP contribution in [0, 0.1) is 0 Å². The van der Waals surface area contributed by atoms with Gasteiger partial charge in [0, 0.05) is 32.0 Å². The molecule has 0 heterocycles. The van der Waals surface area contributed by atoms with Gasteiger partial charge in [0.25, 0.3) is 0 Å². The highest BCUT2D eigenvalue weighted by atomic mass is 32.2. The van der Waals surface area contributed by atoms with Crippen molar-refractivity contribution in [1.82, 2.24) is 5.32 Å². The van der Waals surface area contributed by atoms with Crippen molar-refractivity contribution in [2.24, 2.45) is 0 Å². The maximum atomic E-state index is 12.0. The summed E-state index contributed by atoms with van der Waals surface area (Å²) >= 11 is 5.35. The fraction of sp³-hybridized carbons (Fsp3) is 0.556. The second-order valence-electron chi connectivity index (χ2n) is 6.27. The first-order chi connectivity index (χ1) is 11.8. The van der Waals surface area contributed by atoms with Crippen molar-refractivity contribution < 1.29 is 14.7 Å². The maximum Gasteiger partial charge on any atom is 0.339 e. The van der Waals surface area contributed by atoms with Crippen LogP contribution in [0.15, 0.2) is 24.3 Å². The van der Waals surface area contributed by atoms with Crippen molar-refractivity contribution in [2.75, 3.05) is 24.7 Å². The zero-order chi connectivity index (χ0) is 18.9. The van der Waals surface area contributed by atoms with Gasteiger partial charge in [0.1, 0.15) is 0 Å². The average Bonchev–Trinajstić information content (AvgIpc) is 2.57. The van der Waals surface area contributed by atoms with Crippen LogP contribution in [0.3, 0.4) is 0 Å². The number of amides is 1. The molecule has 0 bridgehead atoms. The third kappa shape index (κ3) is 7.61. The van der Waals surface area contributed by atoms with E-state index in [-0.39, 0.29) is 5.91 Å². The number of aliphatic carboxylic acids is 1. The predicted octanol–water partition coefficient (Wildman–Crippen LogP) is 3.39. The molecule has 0 saturated carbocycles. The number of nitrogens with zero attached hydrogens (tertiary/aromatic N) is 1. The number of nitrogens with one attached hydrogen (secondary N) is 1. The van der Waals surface area contributed by atoms with Gasteiger partial charge in [-0.15, -0.1) is 11.8 Å². The zero-order valence-corrected chi connectivity index (χ0v) is 16.8. The fourth-order valence-corrected chi connectivity index (χ4v) is 3.35. The Kier molecular flexibility index (Phi) is 9.21. The number of unbranched alkanes of at least 4 members (excludes halogenated alkanes) is 2. The number of anilines is 1. The summed E-state index contributed by atoms with van der Waals surface area (Å²) in [6.45, 7) is 1.54. The largest absolute Gasteiger partial charge is 0.479 e. The summed E-state index contributed by atoms with van der Waals surface area (Å²) in [5.74, 6) is 0.0542. The number of carbonyl (C=O) groups excluding carboxylic acids is 1. The normalized spacial score (nSPS) is 13.1. The molecule has 0 aromatic heterocycles. The lowest BCUT2D eigenvalue weighted by molar-refractivity contribution is -0.142. The van der Waals surface area contributed by atoms with Crippen molar-refractivity contribution in [2.45, 2.75) is 43.2 Å². The summed E-state index contributed by atoms with van der Waals surface area (Å²) in [6, 6.07) is 7.94. The van der Waals surface area contributed by atoms with E-state index in [9.17, 15) is 14.7 Å². The van der Waals surface area contributed by atoms with Gasteiger partial charge < -0.3 is 15.3 Å². The average molecular weight is 385 g/mol. The Balaban J connectivity index is 2.59. The zero-order valence-electron chi connectivity index (χ0n) is 15.1. The van der Waals surface area contributed by atoms with Crippen LogP contribution in [-0.2, 0) is 15.3 Å². The maximum absolute atomic E-state index is 12.0. The lowest BCUT2D eigenvalue weighted by atomic mass is 10.2. The molecule has 1 atom stereocenters. The topological polar surface area (TPSA) is 69.6 Å². The van der Waals surface area contributed by atoms with E-state index in [1.165, 1.54) is 11.8 Å². The molecule has 0 aliphatic rings. The highest BCUT2D eigenvalue weighted by molar-refractivity contribution is 8.00. The summed E-state index contributed by atoms with van der Waals surface area (Å²) in [7, 11) is 3.94.